The highest BCUT2D eigenvalue weighted by Crippen LogP contribution is 2.41. The van der Waals surface area contributed by atoms with Crippen molar-refractivity contribution in [2.45, 2.75) is 23.9 Å². The van der Waals surface area contributed by atoms with E-state index >= 15 is 0 Å². The third-order valence-corrected chi connectivity index (χ3v) is 7.94. The Hall–Kier alpha value is -3.75. The minimum absolute atomic E-state index is 0.0761. The Labute approximate surface area is 229 Å². The zero-order valence-corrected chi connectivity index (χ0v) is 21.9. The molecule has 9 heteroatoms. The van der Waals surface area contributed by atoms with Gasteiger partial charge in [0, 0.05) is 17.2 Å². The number of nitrogens with zero attached hydrogens (tertiary/aromatic N) is 1. The van der Waals surface area contributed by atoms with Crippen LogP contribution in [0.2, 0.25) is 0 Å². The summed E-state index contributed by atoms with van der Waals surface area (Å²) in [5.74, 6) is -0.00841. The van der Waals surface area contributed by atoms with E-state index in [2.05, 4.69) is 5.32 Å². The minimum atomic E-state index is -0.949. The number of hydrogen-bond donors (Lipinski definition) is 1. The highest BCUT2D eigenvalue weighted by atomic mass is 35.5. The van der Waals surface area contributed by atoms with Crippen molar-refractivity contribution in [1.29, 1.82) is 0 Å². The number of β-lactam (4-membered cyclic amide) rings is 1. The summed E-state index contributed by atoms with van der Waals surface area (Å²) in [6.45, 7) is 0. The Bertz CT molecular complexity index is 1300. The second kappa shape index (κ2) is 11.8. The first kappa shape index (κ1) is 25.9. The summed E-state index contributed by atoms with van der Waals surface area (Å²) in [6.07, 6.45) is -1.48. The molecular formula is C29H25ClN2O5S. The largest absolute Gasteiger partial charge is 0.516 e. The molecule has 3 aromatic carbocycles. The maximum atomic E-state index is 13.1. The van der Waals surface area contributed by atoms with Gasteiger partial charge in [-0.3, -0.25) is 14.5 Å². The van der Waals surface area contributed by atoms with Gasteiger partial charge in [0.25, 0.3) is 5.91 Å². The van der Waals surface area contributed by atoms with Gasteiger partial charge >= 0.3 is 6.16 Å². The van der Waals surface area contributed by atoms with Crippen molar-refractivity contribution in [3.05, 3.63) is 119 Å². The zero-order chi connectivity index (χ0) is 26.5. The monoisotopic (exact) mass is 548 g/mol. The van der Waals surface area contributed by atoms with Crippen LogP contribution in [0.1, 0.15) is 22.8 Å². The van der Waals surface area contributed by atoms with Crippen LogP contribution in [-0.4, -0.2) is 45.9 Å². The van der Waals surface area contributed by atoms with Crippen molar-refractivity contribution < 1.29 is 23.9 Å². The van der Waals surface area contributed by atoms with Crippen LogP contribution in [0, 0.1) is 0 Å². The number of fused-ring (bicyclic) bond motifs is 1. The van der Waals surface area contributed by atoms with Crippen LogP contribution < -0.4 is 5.32 Å². The Morgan fingerprint density at radius 3 is 2.11 bits per heavy atom. The minimum Gasteiger partial charge on any atom is -0.421 e. The molecule has 1 saturated heterocycles. The molecule has 2 aliphatic heterocycles. The van der Waals surface area contributed by atoms with Gasteiger partial charge in [-0.05, 0) is 16.7 Å². The molecule has 0 aromatic heterocycles. The molecule has 1 N–H and O–H groups in total. The lowest BCUT2D eigenvalue weighted by molar-refractivity contribution is -0.149. The van der Waals surface area contributed by atoms with Crippen molar-refractivity contribution in [3.63, 3.8) is 0 Å². The lowest BCUT2D eigenvalue weighted by atomic mass is 10.0. The Kier molecular flexibility index (Phi) is 8.00. The van der Waals surface area contributed by atoms with Gasteiger partial charge in [-0.25, -0.2) is 4.79 Å². The molecule has 2 atom stereocenters. The summed E-state index contributed by atoms with van der Waals surface area (Å²) in [4.78, 5) is 40.1. The first-order chi connectivity index (χ1) is 18.5. The second-order valence-electron chi connectivity index (χ2n) is 8.83. The Morgan fingerprint density at radius 2 is 1.53 bits per heavy atom. The summed E-state index contributed by atoms with van der Waals surface area (Å²) >= 11 is 7.60. The normalized spacial score (nSPS) is 18.5. The van der Waals surface area contributed by atoms with Crippen molar-refractivity contribution >= 4 is 41.3 Å². The van der Waals surface area contributed by atoms with Gasteiger partial charge in [-0.2, -0.15) is 0 Å². The lowest BCUT2D eigenvalue weighted by Gasteiger charge is -2.49. The number of hydrogen-bond acceptors (Lipinski definition) is 6. The topological polar surface area (TPSA) is 84.9 Å². The zero-order valence-electron chi connectivity index (χ0n) is 20.3. The predicted molar refractivity (Wildman–Crippen MR) is 145 cm³/mol. The van der Waals surface area contributed by atoms with Gasteiger partial charge in [-0.1, -0.05) is 91.0 Å². The quantitative estimate of drug-likeness (QED) is 0.242. The van der Waals surface area contributed by atoms with Crippen LogP contribution in [-0.2, 0) is 25.5 Å². The number of benzene rings is 3. The maximum absolute atomic E-state index is 13.1. The number of carbonyl (C=O) groups is 3. The number of carbonyl (C=O) groups excluding carboxylic acids is 3. The fourth-order valence-electron chi connectivity index (χ4n) is 4.41. The number of alkyl halides is 1. The van der Waals surface area contributed by atoms with Crippen LogP contribution in [0.25, 0.3) is 0 Å². The van der Waals surface area contributed by atoms with Crippen LogP contribution >= 0.6 is 23.4 Å². The van der Waals surface area contributed by atoms with Crippen LogP contribution in [0.3, 0.4) is 0 Å². The Morgan fingerprint density at radius 1 is 0.947 bits per heavy atom. The predicted octanol–water partition coefficient (Wildman–Crippen LogP) is 5.02. The number of halogens is 1. The molecule has 3 aromatic rings. The third-order valence-electron chi connectivity index (χ3n) is 6.28. The molecule has 0 spiro atoms. The van der Waals surface area contributed by atoms with Crippen molar-refractivity contribution in [1.82, 2.24) is 10.2 Å². The van der Waals surface area contributed by atoms with Gasteiger partial charge < -0.3 is 14.8 Å². The molecule has 0 aliphatic carbocycles. The number of rotatable bonds is 8. The van der Waals surface area contributed by atoms with Crippen molar-refractivity contribution in [2.24, 2.45) is 0 Å². The number of nitrogens with one attached hydrogen (secondary N) is 1. The number of amides is 2. The van der Waals surface area contributed by atoms with Crippen LogP contribution in [0.15, 0.2) is 102 Å². The lowest BCUT2D eigenvalue weighted by Crippen LogP contribution is -2.70. The molecule has 0 bridgehead atoms. The second-order valence-corrected chi connectivity index (χ2v) is 10.2. The van der Waals surface area contributed by atoms with Gasteiger partial charge in [0.15, 0.2) is 6.10 Å². The highest BCUT2D eigenvalue weighted by Gasteiger charge is 2.54. The summed E-state index contributed by atoms with van der Waals surface area (Å²) < 4.78 is 11.4. The number of thioether (sulfide) groups is 1. The molecule has 2 amide bonds. The van der Waals surface area contributed by atoms with Crippen molar-refractivity contribution in [3.8, 4) is 0 Å². The molecule has 1 fully saturated rings. The first-order valence-electron chi connectivity index (χ1n) is 12.1. The van der Waals surface area contributed by atoms with Gasteiger partial charge in [0.05, 0.1) is 6.42 Å². The van der Waals surface area contributed by atoms with Gasteiger partial charge in [0.1, 0.15) is 11.4 Å². The molecule has 0 radical (unpaired) electrons. The smallest absolute Gasteiger partial charge is 0.421 e. The molecule has 7 nitrogen and oxygen atoms in total. The highest BCUT2D eigenvalue weighted by molar-refractivity contribution is 8.00. The molecule has 194 valence electrons. The maximum Gasteiger partial charge on any atom is 0.516 e. The van der Waals surface area contributed by atoms with E-state index in [9.17, 15) is 14.4 Å². The average Bonchev–Trinajstić information content (AvgIpc) is 2.95. The third kappa shape index (κ3) is 5.56. The fraction of sp³-hybridized carbons (Fsp3) is 0.207. The number of ether oxygens (including phenoxy) is 2. The van der Waals surface area contributed by atoms with Gasteiger partial charge in [-0.15, -0.1) is 23.4 Å². The molecular weight excluding hydrogens is 524 g/mol. The van der Waals surface area contributed by atoms with E-state index in [4.69, 9.17) is 21.1 Å². The summed E-state index contributed by atoms with van der Waals surface area (Å²) in [6, 6.07) is 27.3. The van der Waals surface area contributed by atoms with E-state index in [1.807, 2.05) is 91.0 Å². The standard InChI is InChI=1S/C29H25ClN2O5S/c30-17-22-18-38-28-24(31-23(33)16-19-10-4-1-5-11-19)26(34)32(28)27(22)37-29(35)36-25(20-12-6-2-7-13-20)21-14-8-3-9-15-21/h1-15,24-25,28H,16-18H2,(H,31,33)/t24?,28-/m0/s1. The van der Waals surface area contributed by atoms with E-state index in [0.29, 0.717) is 11.3 Å². The van der Waals surface area contributed by atoms with E-state index in [-0.39, 0.29) is 30.0 Å². The molecule has 38 heavy (non-hydrogen) atoms. The summed E-state index contributed by atoms with van der Waals surface area (Å²) in [5, 5.41) is 2.41. The molecule has 1 unspecified atom stereocenters. The fourth-order valence-corrected chi connectivity index (χ4v) is 6.05. The molecule has 2 heterocycles. The summed E-state index contributed by atoms with van der Waals surface area (Å²) in [7, 11) is 0. The van der Waals surface area contributed by atoms with E-state index in [1.165, 1.54) is 16.7 Å². The summed E-state index contributed by atoms with van der Waals surface area (Å²) in [5.41, 5.74) is 3.01. The Balaban J connectivity index is 1.28. The van der Waals surface area contributed by atoms with Crippen LogP contribution in [0.5, 0.6) is 0 Å². The van der Waals surface area contributed by atoms with Crippen molar-refractivity contribution in [2.75, 3.05) is 11.6 Å². The molecule has 0 saturated carbocycles. The first-order valence-corrected chi connectivity index (χ1v) is 13.7. The van der Waals surface area contributed by atoms with E-state index < -0.39 is 23.7 Å². The average molecular weight is 549 g/mol. The van der Waals surface area contributed by atoms with Crippen LogP contribution in [0.4, 0.5) is 4.79 Å². The SMILES string of the molecule is O=C(Cc1ccccc1)NC1C(=O)N2C(OC(=O)OC(c3ccccc3)c3ccccc3)=C(CCl)CS[C@@H]12. The molecule has 5 rings (SSSR count). The van der Waals surface area contributed by atoms with E-state index in [1.54, 1.807) is 0 Å². The van der Waals surface area contributed by atoms with Gasteiger partial charge in [0.2, 0.25) is 11.8 Å². The van der Waals surface area contributed by atoms with E-state index in [0.717, 1.165) is 16.7 Å². The molecule has 2 aliphatic rings.